The number of rotatable bonds is 6. The number of carbonyl (C=O) groups excluding carboxylic acids is 1. The zero-order chi connectivity index (χ0) is 12.0. The Balaban J connectivity index is 2.24. The second-order valence-corrected chi connectivity index (χ2v) is 3.92. The summed E-state index contributed by atoms with van der Waals surface area (Å²) < 4.78 is 9.81. The molecule has 0 spiro atoms. The van der Waals surface area contributed by atoms with Gasteiger partial charge in [0.05, 0.1) is 13.4 Å². The SMILES string of the molecule is COC(=O)CCCN(C)Cc1ccoc1C. The van der Waals surface area contributed by atoms with Crippen molar-refractivity contribution in [1.82, 2.24) is 4.90 Å². The van der Waals surface area contributed by atoms with Crippen LogP contribution in [0.5, 0.6) is 0 Å². The average Bonchev–Trinajstić information content (AvgIpc) is 2.64. The molecule has 0 atom stereocenters. The van der Waals surface area contributed by atoms with Crippen molar-refractivity contribution in [3.05, 3.63) is 23.7 Å². The van der Waals surface area contributed by atoms with Crippen molar-refractivity contribution in [1.29, 1.82) is 0 Å². The van der Waals surface area contributed by atoms with Crippen molar-refractivity contribution in [2.24, 2.45) is 0 Å². The van der Waals surface area contributed by atoms with Gasteiger partial charge in [-0.2, -0.15) is 0 Å². The minimum Gasteiger partial charge on any atom is -0.469 e. The quantitative estimate of drug-likeness (QED) is 0.694. The van der Waals surface area contributed by atoms with Crippen LogP contribution in [0.3, 0.4) is 0 Å². The lowest BCUT2D eigenvalue weighted by atomic mass is 10.2. The van der Waals surface area contributed by atoms with Gasteiger partial charge in [-0.05, 0) is 33.0 Å². The molecule has 1 aromatic heterocycles. The van der Waals surface area contributed by atoms with Gasteiger partial charge in [-0.1, -0.05) is 0 Å². The van der Waals surface area contributed by atoms with E-state index in [1.54, 1.807) is 6.26 Å². The van der Waals surface area contributed by atoms with E-state index in [4.69, 9.17) is 4.42 Å². The fourth-order valence-electron chi connectivity index (χ4n) is 1.54. The number of hydrogen-bond acceptors (Lipinski definition) is 4. The van der Waals surface area contributed by atoms with Gasteiger partial charge in [0, 0.05) is 18.5 Å². The first-order valence-corrected chi connectivity index (χ1v) is 5.42. The first-order chi connectivity index (χ1) is 7.63. The van der Waals surface area contributed by atoms with Crippen LogP contribution >= 0.6 is 0 Å². The summed E-state index contributed by atoms with van der Waals surface area (Å²) in [5.41, 5.74) is 1.19. The topological polar surface area (TPSA) is 42.7 Å². The van der Waals surface area contributed by atoms with Gasteiger partial charge in [0.1, 0.15) is 5.76 Å². The molecule has 0 aliphatic carbocycles. The molecule has 0 amide bonds. The molecule has 1 heterocycles. The molecule has 0 unspecified atom stereocenters. The van der Waals surface area contributed by atoms with Gasteiger partial charge in [0.2, 0.25) is 0 Å². The van der Waals surface area contributed by atoms with E-state index in [0.29, 0.717) is 6.42 Å². The highest BCUT2D eigenvalue weighted by atomic mass is 16.5. The predicted octanol–water partition coefficient (Wildman–Crippen LogP) is 1.97. The van der Waals surface area contributed by atoms with Crippen molar-refractivity contribution >= 4 is 5.97 Å². The fraction of sp³-hybridized carbons (Fsp3) is 0.583. The van der Waals surface area contributed by atoms with Gasteiger partial charge in [-0.3, -0.25) is 4.79 Å². The smallest absolute Gasteiger partial charge is 0.305 e. The molecule has 0 fully saturated rings. The van der Waals surface area contributed by atoms with Gasteiger partial charge in [0.15, 0.2) is 0 Å². The third-order valence-corrected chi connectivity index (χ3v) is 2.55. The lowest BCUT2D eigenvalue weighted by Crippen LogP contribution is -2.20. The maximum Gasteiger partial charge on any atom is 0.305 e. The minimum absolute atomic E-state index is 0.145. The third-order valence-electron chi connectivity index (χ3n) is 2.55. The number of carbonyl (C=O) groups is 1. The molecular formula is C12H19NO3. The average molecular weight is 225 g/mol. The van der Waals surface area contributed by atoms with Crippen molar-refractivity contribution in [3.8, 4) is 0 Å². The lowest BCUT2D eigenvalue weighted by molar-refractivity contribution is -0.140. The number of methoxy groups -OCH3 is 1. The van der Waals surface area contributed by atoms with E-state index in [-0.39, 0.29) is 5.97 Å². The Morgan fingerprint density at radius 3 is 2.88 bits per heavy atom. The zero-order valence-electron chi connectivity index (χ0n) is 10.2. The van der Waals surface area contributed by atoms with E-state index in [2.05, 4.69) is 9.64 Å². The van der Waals surface area contributed by atoms with Gasteiger partial charge in [-0.25, -0.2) is 0 Å². The van der Waals surface area contributed by atoms with Crippen molar-refractivity contribution < 1.29 is 13.9 Å². The lowest BCUT2D eigenvalue weighted by Gasteiger charge is -2.15. The number of furan rings is 1. The Morgan fingerprint density at radius 1 is 1.56 bits per heavy atom. The Labute approximate surface area is 96.2 Å². The van der Waals surface area contributed by atoms with E-state index >= 15 is 0 Å². The standard InChI is InChI=1S/C12H19NO3/c1-10-11(6-8-16-10)9-13(2)7-4-5-12(14)15-3/h6,8H,4-5,7,9H2,1-3H3. The van der Waals surface area contributed by atoms with Gasteiger partial charge >= 0.3 is 5.97 Å². The molecule has 90 valence electrons. The van der Waals surface area contributed by atoms with Crippen LogP contribution in [-0.2, 0) is 16.1 Å². The molecular weight excluding hydrogens is 206 g/mol. The first kappa shape index (κ1) is 12.8. The molecule has 1 rings (SSSR count). The zero-order valence-corrected chi connectivity index (χ0v) is 10.2. The first-order valence-electron chi connectivity index (χ1n) is 5.42. The molecule has 4 nitrogen and oxygen atoms in total. The second-order valence-electron chi connectivity index (χ2n) is 3.92. The van der Waals surface area contributed by atoms with Crippen LogP contribution in [0, 0.1) is 6.92 Å². The maximum absolute atomic E-state index is 10.9. The van der Waals surface area contributed by atoms with E-state index in [0.717, 1.165) is 25.3 Å². The Bertz CT molecular complexity index is 333. The van der Waals surface area contributed by atoms with Crippen LogP contribution in [0.1, 0.15) is 24.2 Å². The highest BCUT2D eigenvalue weighted by Gasteiger charge is 2.06. The molecule has 0 aromatic carbocycles. The number of aryl methyl sites for hydroxylation is 1. The molecule has 0 aliphatic rings. The Morgan fingerprint density at radius 2 is 2.31 bits per heavy atom. The predicted molar refractivity (Wildman–Crippen MR) is 61.0 cm³/mol. The molecule has 0 radical (unpaired) electrons. The maximum atomic E-state index is 10.9. The third kappa shape index (κ3) is 4.06. The van der Waals surface area contributed by atoms with Crippen LogP contribution in [0.4, 0.5) is 0 Å². The van der Waals surface area contributed by atoms with E-state index < -0.39 is 0 Å². The molecule has 4 heteroatoms. The summed E-state index contributed by atoms with van der Waals surface area (Å²) in [6, 6.07) is 1.98. The number of hydrogen-bond donors (Lipinski definition) is 0. The second kappa shape index (κ2) is 6.33. The molecule has 0 N–H and O–H groups in total. The fourth-order valence-corrected chi connectivity index (χ4v) is 1.54. The van der Waals surface area contributed by atoms with Gasteiger partial charge < -0.3 is 14.1 Å². The largest absolute Gasteiger partial charge is 0.469 e. The molecule has 0 bridgehead atoms. The summed E-state index contributed by atoms with van der Waals surface area (Å²) in [4.78, 5) is 13.1. The summed E-state index contributed by atoms with van der Waals surface area (Å²) in [7, 11) is 3.45. The van der Waals surface area contributed by atoms with Crippen LogP contribution in [-0.4, -0.2) is 31.6 Å². The number of ether oxygens (including phenoxy) is 1. The van der Waals surface area contributed by atoms with E-state index in [1.807, 2.05) is 20.0 Å². The van der Waals surface area contributed by atoms with Crippen LogP contribution < -0.4 is 0 Å². The van der Waals surface area contributed by atoms with Gasteiger partial charge in [0.25, 0.3) is 0 Å². The molecule has 0 saturated carbocycles. The van der Waals surface area contributed by atoms with E-state index in [9.17, 15) is 4.79 Å². The molecule has 16 heavy (non-hydrogen) atoms. The van der Waals surface area contributed by atoms with Crippen LogP contribution in [0.25, 0.3) is 0 Å². The summed E-state index contributed by atoms with van der Waals surface area (Å²) >= 11 is 0. The van der Waals surface area contributed by atoms with Gasteiger partial charge in [-0.15, -0.1) is 0 Å². The van der Waals surface area contributed by atoms with Crippen LogP contribution in [0.2, 0.25) is 0 Å². The summed E-state index contributed by atoms with van der Waals surface area (Å²) in [6.07, 6.45) is 3.00. The summed E-state index contributed by atoms with van der Waals surface area (Å²) in [5, 5.41) is 0. The Kier molecular flexibility index (Phi) is 5.05. The number of nitrogens with zero attached hydrogens (tertiary/aromatic N) is 1. The monoisotopic (exact) mass is 225 g/mol. The molecule has 0 saturated heterocycles. The van der Waals surface area contributed by atoms with Crippen LogP contribution in [0.15, 0.2) is 16.7 Å². The van der Waals surface area contributed by atoms with Crippen molar-refractivity contribution in [2.75, 3.05) is 20.7 Å². The van der Waals surface area contributed by atoms with Crippen molar-refractivity contribution in [3.63, 3.8) is 0 Å². The minimum atomic E-state index is -0.145. The highest BCUT2D eigenvalue weighted by Crippen LogP contribution is 2.11. The highest BCUT2D eigenvalue weighted by molar-refractivity contribution is 5.69. The summed E-state index contributed by atoms with van der Waals surface area (Å²) in [5.74, 6) is 0.813. The normalized spacial score (nSPS) is 10.8. The molecule has 1 aromatic rings. The number of esters is 1. The molecule has 0 aliphatic heterocycles. The summed E-state index contributed by atoms with van der Waals surface area (Å²) in [6.45, 7) is 3.68. The van der Waals surface area contributed by atoms with E-state index in [1.165, 1.54) is 12.7 Å². The Hall–Kier alpha value is -1.29. The van der Waals surface area contributed by atoms with Crippen molar-refractivity contribution in [2.45, 2.75) is 26.3 Å².